The molecule has 0 saturated heterocycles. The topological polar surface area (TPSA) is 64.7 Å². The first kappa shape index (κ1) is 17.0. The second kappa shape index (κ2) is 7.86. The summed E-state index contributed by atoms with van der Waals surface area (Å²) in [6.45, 7) is 1.91. The molecule has 6 nitrogen and oxygen atoms in total. The number of para-hydroxylation sites is 1. The van der Waals surface area contributed by atoms with Gasteiger partial charge in [0.1, 0.15) is 12.7 Å². The lowest BCUT2D eigenvalue weighted by Crippen LogP contribution is -2.23. The van der Waals surface area contributed by atoms with Gasteiger partial charge < -0.3 is 9.88 Å². The number of amides is 1. The molecule has 0 unspecified atom stereocenters. The first-order chi connectivity index (χ1) is 13.3. The third-order valence-corrected chi connectivity index (χ3v) is 4.58. The van der Waals surface area contributed by atoms with E-state index in [9.17, 15) is 4.79 Å². The van der Waals surface area contributed by atoms with E-state index in [0.717, 1.165) is 16.6 Å². The smallest absolute Gasteiger partial charge is 0.222 e. The highest BCUT2D eigenvalue weighted by atomic mass is 16.1. The molecule has 4 aromatic rings. The Morgan fingerprint density at radius 3 is 2.63 bits per heavy atom. The van der Waals surface area contributed by atoms with Crippen molar-refractivity contribution in [2.75, 3.05) is 0 Å². The zero-order valence-electron chi connectivity index (χ0n) is 15.0. The highest BCUT2D eigenvalue weighted by Crippen LogP contribution is 2.15. The first-order valence-electron chi connectivity index (χ1n) is 8.99. The van der Waals surface area contributed by atoms with Crippen LogP contribution < -0.4 is 5.32 Å². The Morgan fingerprint density at radius 2 is 1.81 bits per heavy atom. The molecule has 2 heterocycles. The predicted molar refractivity (Wildman–Crippen MR) is 104 cm³/mol. The number of carbonyl (C=O) groups excluding carboxylic acids is 1. The summed E-state index contributed by atoms with van der Waals surface area (Å²) in [5, 5.41) is 8.29. The van der Waals surface area contributed by atoms with Gasteiger partial charge >= 0.3 is 0 Å². The second-order valence-electron chi connectivity index (χ2n) is 6.50. The summed E-state index contributed by atoms with van der Waals surface area (Å²) in [5.74, 6) is 0.0551. The summed E-state index contributed by atoms with van der Waals surface area (Å²) in [6, 6.07) is 18.4. The van der Waals surface area contributed by atoms with Crippen LogP contribution in [0.1, 0.15) is 17.5 Å². The van der Waals surface area contributed by atoms with Crippen molar-refractivity contribution >= 4 is 16.8 Å². The predicted octanol–water partition coefficient (Wildman–Crippen LogP) is 2.99. The van der Waals surface area contributed by atoms with E-state index in [4.69, 9.17) is 0 Å². The molecule has 27 heavy (non-hydrogen) atoms. The molecule has 136 valence electrons. The Labute approximate surface area is 157 Å². The molecule has 0 fully saturated rings. The van der Waals surface area contributed by atoms with Crippen LogP contribution in [0.2, 0.25) is 0 Å². The van der Waals surface area contributed by atoms with Gasteiger partial charge in [0.05, 0.1) is 6.54 Å². The minimum absolute atomic E-state index is 0.0551. The number of benzene rings is 2. The van der Waals surface area contributed by atoms with E-state index in [2.05, 4.69) is 50.3 Å². The van der Waals surface area contributed by atoms with Crippen LogP contribution in [0.15, 0.2) is 73.4 Å². The Bertz CT molecular complexity index is 1020. The molecule has 0 saturated carbocycles. The van der Waals surface area contributed by atoms with Crippen LogP contribution in [-0.2, 0) is 24.4 Å². The summed E-state index contributed by atoms with van der Waals surface area (Å²) in [5.41, 5.74) is 3.39. The van der Waals surface area contributed by atoms with E-state index in [0.29, 0.717) is 26.1 Å². The molecule has 0 aliphatic carbocycles. The molecule has 0 bridgehead atoms. The van der Waals surface area contributed by atoms with Crippen LogP contribution in [0.25, 0.3) is 10.9 Å². The van der Waals surface area contributed by atoms with Gasteiger partial charge in [-0.1, -0.05) is 42.5 Å². The van der Waals surface area contributed by atoms with Gasteiger partial charge in [-0.25, -0.2) is 9.67 Å². The van der Waals surface area contributed by atoms with Gasteiger partial charge in [-0.05, 0) is 28.6 Å². The van der Waals surface area contributed by atoms with E-state index in [1.165, 1.54) is 11.7 Å². The van der Waals surface area contributed by atoms with Crippen LogP contribution >= 0.6 is 0 Å². The van der Waals surface area contributed by atoms with Gasteiger partial charge in [-0.3, -0.25) is 4.79 Å². The SMILES string of the molecule is O=C(CCn1ccc2ccccc21)NCc1ccc(Cn2cncn2)cc1. The largest absolute Gasteiger partial charge is 0.352 e. The Balaban J connectivity index is 1.26. The average molecular weight is 359 g/mol. The van der Waals surface area contributed by atoms with E-state index >= 15 is 0 Å². The van der Waals surface area contributed by atoms with Gasteiger partial charge in [-0.15, -0.1) is 0 Å². The molecule has 0 atom stereocenters. The van der Waals surface area contributed by atoms with Gasteiger partial charge in [0.25, 0.3) is 0 Å². The molecule has 1 N–H and O–H groups in total. The lowest BCUT2D eigenvalue weighted by atomic mass is 10.1. The van der Waals surface area contributed by atoms with Crippen LogP contribution in [0.5, 0.6) is 0 Å². The number of aromatic nitrogens is 4. The van der Waals surface area contributed by atoms with Crippen molar-refractivity contribution in [2.45, 2.75) is 26.1 Å². The Morgan fingerprint density at radius 1 is 1.00 bits per heavy atom. The number of hydrogen-bond donors (Lipinski definition) is 1. The third-order valence-electron chi connectivity index (χ3n) is 4.58. The van der Waals surface area contributed by atoms with E-state index in [1.807, 2.05) is 30.5 Å². The average Bonchev–Trinajstić information content (AvgIpc) is 3.35. The first-order valence-corrected chi connectivity index (χ1v) is 8.99. The van der Waals surface area contributed by atoms with Crippen molar-refractivity contribution < 1.29 is 4.79 Å². The zero-order valence-corrected chi connectivity index (χ0v) is 15.0. The minimum atomic E-state index is 0.0551. The van der Waals surface area contributed by atoms with Crippen molar-refractivity contribution in [3.63, 3.8) is 0 Å². The molecule has 2 aromatic heterocycles. The monoisotopic (exact) mass is 359 g/mol. The van der Waals surface area contributed by atoms with Crippen LogP contribution in [0, 0.1) is 0 Å². The molecule has 0 aliphatic heterocycles. The van der Waals surface area contributed by atoms with E-state index in [1.54, 1.807) is 11.0 Å². The van der Waals surface area contributed by atoms with Crippen LogP contribution in [0.4, 0.5) is 0 Å². The van der Waals surface area contributed by atoms with Gasteiger partial charge in [0.15, 0.2) is 0 Å². The third kappa shape index (κ3) is 4.23. The van der Waals surface area contributed by atoms with E-state index < -0.39 is 0 Å². The number of aryl methyl sites for hydroxylation is 1. The van der Waals surface area contributed by atoms with Gasteiger partial charge in [0, 0.05) is 31.2 Å². The summed E-state index contributed by atoms with van der Waals surface area (Å²) in [4.78, 5) is 16.1. The Kier molecular flexibility index (Phi) is 4.96. The maximum absolute atomic E-state index is 12.2. The Hall–Kier alpha value is -3.41. The summed E-state index contributed by atoms with van der Waals surface area (Å²) in [7, 11) is 0. The molecule has 6 heteroatoms. The van der Waals surface area contributed by atoms with Crippen molar-refractivity contribution in [2.24, 2.45) is 0 Å². The molecule has 4 rings (SSSR count). The molecular formula is C21H21N5O. The van der Waals surface area contributed by atoms with Crippen LogP contribution in [-0.4, -0.2) is 25.2 Å². The normalized spacial score (nSPS) is 11.0. The van der Waals surface area contributed by atoms with Crippen molar-refractivity contribution in [3.05, 3.63) is 84.6 Å². The highest BCUT2D eigenvalue weighted by Gasteiger charge is 2.05. The zero-order chi connectivity index (χ0) is 18.5. The second-order valence-corrected chi connectivity index (χ2v) is 6.50. The standard InChI is InChI=1S/C21H21N5O/c27-21(10-12-25-11-9-19-3-1-2-4-20(19)25)23-13-17-5-7-18(8-6-17)14-26-16-22-15-24-26/h1-9,11,15-16H,10,12-14H2,(H,23,27). The van der Waals surface area contributed by atoms with E-state index in [-0.39, 0.29) is 5.91 Å². The molecule has 1 amide bonds. The maximum Gasteiger partial charge on any atom is 0.222 e. The fourth-order valence-electron chi connectivity index (χ4n) is 3.11. The molecule has 0 aliphatic rings. The summed E-state index contributed by atoms with van der Waals surface area (Å²) in [6.07, 6.45) is 5.72. The quantitative estimate of drug-likeness (QED) is 0.552. The highest BCUT2D eigenvalue weighted by molar-refractivity contribution is 5.80. The summed E-state index contributed by atoms with van der Waals surface area (Å²) < 4.78 is 3.90. The van der Waals surface area contributed by atoms with Crippen LogP contribution in [0.3, 0.4) is 0 Å². The number of fused-ring (bicyclic) bond motifs is 1. The van der Waals surface area contributed by atoms with Crippen molar-refractivity contribution in [1.29, 1.82) is 0 Å². The molecule has 2 aromatic carbocycles. The molecular weight excluding hydrogens is 338 g/mol. The lowest BCUT2D eigenvalue weighted by Gasteiger charge is -2.08. The number of rotatable bonds is 7. The number of nitrogens with one attached hydrogen (secondary N) is 1. The fourth-order valence-corrected chi connectivity index (χ4v) is 3.11. The van der Waals surface area contributed by atoms with Crippen molar-refractivity contribution in [1.82, 2.24) is 24.6 Å². The fraction of sp³-hybridized carbons (Fsp3) is 0.190. The van der Waals surface area contributed by atoms with Gasteiger partial charge in [0.2, 0.25) is 5.91 Å². The molecule has 0 radical (unpaired) electrons. The molecule has 0 spiro atoms. The number of carbonyl (C=O) groups is 1. The van der Waals surface area contributed by atoms with Crippen molar-refractivity contribution in [3.8, 4) is 0 Å². The minimum Gasteiger partial charge on any atom is -0.352 e. The number of hydrogen-bond acceptors (Lipinski definition) is 3. The van der Waals surface area contributed by atoms with Gasteiger partial charge in [-0.2, -0.15) is 5.10 Å². The lowest BCUT2D eigenvalue weighted by molar-refractivity contribution is -0.121. The summed E-state index contributed by atoms with van der Waals surface area (Å²) >= 11 is 0. The maximum atomic E-state index is 12.2. The number of nitrogens with zero attached hydrogens (tertiary/aromatic N) is 4.